The Balaban J connectivity index is 1.89. The molecule has 1 aliphatic rings. The Morgan fingerprint density at radius 1 is 1.29 bits per heavy atom. The lowest BCUT2D eigenvalue weighted by Gasteiger charge is -2.35. The molecule has 5 nitrogen and oxygen atoms in total. The Morgan fingerprint density at radius 3 is 2.52 bits per heavy atom. The molecule has 0 amide bonds. The van der Waals surface area contributed by atoms with Gasteiger partial charge in [0.25, 0.3) is 0 Å². The Labute approximate surface area is 125 Å². The van der Waals surface area contributed by atoms with Crippen molar-refractivity contribution >= 4 is 5.97 Å². The summed E-state index contributed by atoms with van der Waals surface area (Å²) in [5, 5.41) is 0. The zero-order chi connectivity index (χ0) is 15.1. The van der Waals surface area contributed by atoms with E-state index in [2.05, 4.69) is 4.74 Å². The molecule has 21 heavy (non-hydrogen) atoms. The van der Waals surface area contributed by atoms with E-state index in [1.165, 1.54) is 7.11 Å². The summed E-state index contributed by atoms with van der Waals surface area (Å²) in [5.74, 6) is 0.552. The van der Waals surface area contributed by atoms with Crippen molar-refractivity contribution in [3.8, 4) is 5.75 Å². The molecule has 5 heteroatoms. The molecule has 0 aliphatic carbocycles. The zero-order valence-electron chi connectivity index (χ0n) is 12.5. The van der Waals surface area contributed by atoms with Crippen LogP contribution in [0, 0.1) is 5.41 Å². The minimum atomic E-state index is -0.243. The van der Waals surface area contributed by atoms with Crippen molar-refractivity contribution in [2.45, 2.75) is 19.3 Å². The highest BCUT2D eigenvalue weighted by Crippen LogP contribution is 2.30. The molecule has 2 N–H and O–H groups in total. The minimum Gasteiger partial charge on any atom is -0.493 e. The molecule has 1 aromatic carbocycles. The summed E-state index contributed by atoms with van der Waals surface area (Å²) < 4.78 is 15.9. The van der Waals surface area contributed by atoms with Gasteiger partial charge in [0.2, 0.25) is 0 Å². The van der Waals surface area contributed by atoms with Crippen LogP contribution >= 0.6 is 0 Å². The fraction of sp³-hybridized carbons (Fsp3) is 0.562. The van der Waals surface area contributed by atoms with Gasteiger partial charge in [-0.1, -0.05) is 12.1 Å². The SMILES string of the molecule is COC(=O)Cc1ccc(OCC2(CN)CCOCC2)cc1. The molecule has 1 fully saturated rings. The second-order valence-electron chi connectivity index (χ2n) is 5.50. The Bertz CT molecular complexity index is 452. The number of esters is 1. The first-order valence-corrected chi connectivity index (χ1v) is 7.24. The third-order valence-corrected chi connectivity index (χ3v) is 4.03. The van der Waals surface area contributed by atoms with Crippen molar-refractivity contribution in [1.82, 2.24) is 0 Å². The molecule has 1 saturated heterocycles. The van der Waals surface area contributed by atoms with E-state index in [-0.39, 0.29) is 17.8 Å². The van der Waals surface area contributed by atoms with Crippen molar-refractivity contribution in [2.24, 2.45) is 11.1 Å². The van der Waals surface area contributed by atoms with Crippen molar-refractivity contribution in [2.75, 3.05) is 33.5 Å². The van der Waals surface area contributed by atoms with Crippen LogP contribution in [-0.2, 0) is 20.7 Å². The van der Waals surface area contributed by atoms with Crippen LogP contribution < -0.4 is 10.5 Å². The van der Waals surface area contributed by atoms with Crippen molar-refractivity contribution in [3.63, 3.8) is 0 Å². The molecule has 0 aromatic heterocycles. The molecule has 0 atom stereocenters. The summed E-state index contributed by atoms with van der Waals surface area (Å²) in [6.07, 6.45) is 2.15. The summed E-state index contributed by atoms with van der Waals surface area (Å²) in [7, 11) is 1.39. The molecule has 0 bridgehead atoms. The molecule has 0 radical (unpaired) electrons. The molecule has 116 valence electrons. The first-order valence-electron chi connectivity index (χ1n) is 7.24. The van der Waals surface area contributed by atoms with Crippen molar-refractivity contribution in [3.05, 3.63) is 29.8 Å². The predicted octanol–water partition coefficient (Wildman–Crippen LogP) is 1.54. The topological polar surface area (TPSA) is 70.8 Å². The van der Waals surface area contributed by atoms with E-state index >= 15 is 0 Å². The van der Waals surface area contributed by atoms with Crippen molar-refractivity contribution in [1.29, 1.82) is 0 Å². The number of rotatable bonds is 6. The lowest BCUT2D eigenvalue weighted by molar-refractivity contribution is -0.139. The van der Waals surface area contributed by atoms with E-state index in [4.69, 9.17) is 15.2 Å². The summed E-state index contributed by atoms with van der Waals surface area (Å²) in [4.78, 5) is 11.2. The predicted molar refractivity (Wildman–Crippen MR) is 79.2 cm³/mol. The average Bonchev–Trinajstić information content (AvgIpc) is 2.55. The highest BCUT2D eigenvalue weighted by atomic mass is 16.5. The number of methoxy groups -OCH3 is 1. The van der Waals surface area contributed by atoms with Gasteiger partial charge in [0, 0.05) is 25.2 Å². The Morgan fingerprint density at radius 2 is 1.95 bits per heavy atom. The maximum atomic E-state index is 11.2. The van der Waals surface area contributed by atoms with Crippen LogP contribution in [-0.4, -0.2) is 39.4 Å². The molecule has 0 spiro atoms. The first kappa shape index (κ1) is 15.8. The number of hydrogen-bond acceptors (Lipinski definition) is 5. The zero-order valence-corrected chi connectivity index (χ0v) is 12.5. The number of nitrogens with two attached hydrogens (primary N) is 1. The lowest BCUT2D eigenvalue weighted by Crippen LogP contribution is -2.41. The van der Waals surface area contributed by atoms with Gasteiger partial charge >= 0.3 is 5.97 Å². The first-order chi connectivity index (χ1) is 10.2. The van der Waals surface area contributed by atoms with E-state index in [0.29, 0.717) is 13.2 Å². The van der Waals surface area contributed by atoms with Gasteiger partial charge in [0.1, 0.15) is 5.75 Å². The number of ether oxygens (including phenoxy) is 3. The minimum absolute atomic E-state index is 0.0168. The Hall–Kier alpha value is -1.59. The van der Waals surface area contributed by atoms with Gasteiger partial charge in [0.15, 0.2) is 0 Å². The fourth-order valence-electron chi connectivity index (χ4n) is 2.39. The van der Waals surface area contributed by atoms with Gasteiger partial charge in [-0.25, -0.2) is 0 Å². The van der Waals surface area contributed by atoms with Gasteiger partial charge in [-0.15, -0.1) is 0 Å². The third-order valence-electron chi connectivity index (χ3n) is 4.03. The number of carbonyl (C=O) groups is 1. The van der Waals surface area contributed by atoms with E-state index in [0.717, 1.165) is 37.4 Å². The normalized spacial score (nSPS) is 17.2. The van der Waals surface area contributed by atoms with Crippen LogP contribution in [0.5, 0.6) is 5.75 Å². The highest BCUT2D eigenvalue weighted by Gasteiger charge is 2.32. The fourth-order valence-corrected chi connectivity index (χ4v) is 2.39. The summed E-state index contributed by atoms with van der Waals surface area (Å²) in [5.41, 5.74) is 6.84. The quantitative estimate of drug-likeness (QED) is 0.806. The van der Waals surface area contributed by atoms with Gasteiger partial charge in [-0.05, 0) is 30.5 Å². The molecule has 1 aromatic rings. The lowest BCUT2D eigenvalue weighted by atomic mass is 9.81. The van der Waals surface area contributed by atoms with Gasteiger partial charge < -0.3 is 19.9 Å². The molecule has 1 heterocycles. The maximum Gasteiger partial charge on any atom is 0.309 e. The van der Waals surface area contributed by atoms with E-state index in [1.807, 2.05) is 24.3 Å². The van der Waals surface area contributed by atoms with Crippen LogP contribution in [0.4, 0.5) is 0 Å². The van der Waals surface area contributed by atoms with Crippen LogP contribution in [0.2, 0.25) is 0 Å². The van der Waals surface area contributed by atoms with Gasteiger partial charge in [-0.3, -0.25) is 4.79 Å². The molecule has 0 saturated carbocycles. The molecule has 1 aliphatic heterocycles. The third kappa shape index (κ3) is 4.44. The largest absolute Gasteiger partial charge is 0.493 e. The molecular formula is C16H23NO4. The van der Waals surface area contributed by atoms with Crippen molar-refractivity contribution < 1.29 is 19.0 Å². The van der Waals surface area contributed by atoms with Gasteiger partial charge in [0.05, 0.1) is 20.1 Å². The summed E-state index contributed by atoms with van der Waals surface area (Å²) >= 11 is 0. The van der Waals surface area contributed by atoms with E-state index < -0.39 is 0 Å². The standard InChI is InChI=1S/C16H23NO4/c1-19-15(18)10-13-2-4-14(5-3-13)21-12-16(11-17)6-8-20-9-7-16/h2-5H,6-12,17H2,1H3. The van der Waals surface area contributed by atoms with E-state index in [9.17, 15) is 4.79 Å². The van der Waals surface area contributed by atoms with Crippen LogP contribution in [0.15, 0.2) is 24.3 Å². The monoisotopic (exact) mass is 293 g/mol. The number of benzene rings is 1. The summed E-state index contributed by atoms with van der Waals surface area (Å²) in [6, 6.07) is 7.51. The van der Waals surface area contributed by atoms with Crippen LogP contribution in [0.25, 0.3) is 0 Å². The Kier molecular flexibility index (Phi) is 5.59. The molecule has 0 unspecified atom stereocenters. The van der Waals surface area contributed by atoms with Crippen LogP contribution in [0.3, 0.4) is 0 Å². The van der Waals surface area contributed by atoms with Gasteiger partial charge in [-0.2, -0.15) is 0 Å². The summed E-state index contributed by atoms with van der Waals surface area (Å²) in [6.45, 7) is 2.71. The van der Waals surface area contributed by atoms with E-state index in [1.54, 1.807) is 0 Å². The molecular weight excluding hydrogens is 270 g/mol. The molecule has 2 rings (SSSR count). The smallest absolute Gasteiger partial charge is 0.309 e. The number of hydrogen-bond donors (Lipinski definition) is 1. The second kappa shape index (κ2) is 7.43. The number of carbonyl (C=O) groups excluding carboxylic acids is 1. The maximum absolute atomic E-state index is 11.2. The highest BCUT2D eigenvalue weighted by molar-refractivity contribution is 5.72. The van der Waals surface area contributed by atoms with Crippen LogP contribution in [0.1, 0.15) is 18.4 Å². The average molecular weight is 293 g/mol. The second-order valence-corrected chi connectivity index (χ2v) is 5.50.